The van der Waals surface area contributed by atoms with E-state index in [9.17, 15) is 16.8 Å². The van der Waals surface area contributed by atoms with Crippen LogP contribution in [0.3, 0.4) is 0 Å². The molecule has 2 saturated heterocycles. The number of nitrogens with zero attached hydrogens (tertiary/aromatic N) is 5. The normalized spacial score (nSPS) is 17.2. The third-order valence-electron chi connectivity index (χ3n) is 9.96. The SMILES string of the molecule is CC(C)(C)c1nc2cc(S(=O)(=O)Cl)ccc2n1CC1CCOCC1.CC(C)CN(C)S(=O)(=O)c1ccc2c(c1)nc(C(C)(C)C)n2CC1CCOCC1. The molecule has 294 valence electrons. The van der Waals surface area contributed by atoms with E-state index < -0.39 is 19.1 Å². The molecule has 0 aliphatic carbocycles. The highest BCUT2D eigenvalue weighted by atomic mass is 35.7. The van der Waals surface area contributed by atoms with Gasteiger partial charge in [0.25, 0.3) is 9.05 Å². The molecule has 0 radical (unpaired) electrons. The van der Waals surface area contributed by atoms with Crippen LogP contribution in [-0.2, 0) is 52.5 Å². The molecule has 2 aromatic carbocycles. The van der Waals surface area contributed by atoms with Gasteiger partial charge in [-0.2, -0.15) is 0 Å². The summed E-state index contributed by atoms with van der Waals surface area (Å²) in [6.07, 6.45) is 4.18. The molecular weight excluding hydrogens is 734 g/mol. The van der Waals surface area contributed by atoms with Crippen LogP contribution in [0.4, 0.5) is 0 Å². The topological polar surface area (TPSA) is 126 Å². The molecule has 0 spiro atoms. The molecule has 0 saturated carbocycles. The van der Waals surface area contributed by atoms with Gasteiger partial charge >= 0.3 is 0 Å². The second kappa shape index (κ2) is 16.3. The highest BCUT2D eigenvalue weighted by molar-refractivity contribution is 8.13. The van der Waals surface area contributed by atoms with Crippen molar-refractivity contribution in [3.8, 4) is 0 Å². The number of fused-ring (bicyclic) bond motifs is 2. The summed E-state index contributed by atoms with van der Waals surface area (Å²) >= 11 is 0. The molecule has 2 aliphatic heterocycles. The number of sulfonamides is 1. The Morgan fingerprint density at radius 2 is 1.13 bits per heavy atom. The molecule has 0 atom stereocenters. The third-order valence-corrected chi connectivity index (χ3v) is 13.1. The second-order valence-corrected chi connectivity index (χ2v) is 21.7. The number of imidazole rings is 2. The number of benzene rings is 2. The number of rotatable bonds is 9. The molecule has 0 N–H and O–H groups in total. The lowest BCUT2D eigenvalue weighted by molar-refractivity contribution is 0.0610. The standard InChI is InChI=1S/C22H35N3O3S.C17H23ClN2O3S/c1-16(2)14-24(6)29(26,27)18-7-8-20-19(13-18)23-21(22(3,4)5)25(20)15-17-9-11-28-12-10-17;1-17(2,3)16-19-14-10-13(24(18,21)22)4-5-15(14)20(16)11-12-6-8-23-9-7-12/h7-8,13,16-17H,9-12,14-15H2,1-6H3;4-5,10,12H,6-9,11H2,1-3H3. The number of hydrogen-bond donors (Lipinski definition) is 0. The summed E-state index contributed by atoms with van der Waals surface area (Å²) in [7, 11) is -0.161. The van der Waals surface area contributed by atoms with Crippen molar-refractivity contribution in [1.82, 2.24) is 23.4 Å². The molecule has 14 heteroatoms. The van der Waals surface area contributed by atoms with E-state index in [1.165, 1.54) is 4.31 Å². The number of aromatic nitrogens is 4. The van der Waals surface area contributed by atoms with E-state index in [0.29, 0.717) is 28.8 Å². The zero-order chi connectivity index (χ0) is 38.9. The second-order valence-electron chi connectivity index (χ2n) is 17.1. The largest absolute Gasteiger partial charge is 0.381 e. The average molecular weight is 793 g/mol. The number of halogens is 1. The smallest absolute Gasteiger partial charge is 0.261 e. The molecule has 0 amide bonds. The van der Waals surface area contributed by atoms with Crippen LogP contribution in [0.25, 0.3) is 22.1 Å². The van der Waals surface area contributed by atoms with Crippen molar-refractivity contribution < 1.29 is 26.3 Å². The third kappa shape index (κ3) is 10.0. The van der Waals surface area contributed by atoms with Crippen molar-refractivity contribution in [2.45, 2.75) is 115 Å². The molecule has 2 aromatic heterocycles. The molecule has 4 heterocycles. The van der Waals surface area contributed by atoms with Crippen molar-refractivity contribution in [1.29, 1.82) is 0 Å². The van der Waals surface area contributed by atoms with E-state index in [1.807, 2.05) is 26.0 Å². The summed E-state index contributed by atoms with van der Waals surface area (Å²) in [6.45, 7) is 22.3. The fraction of sp³-hybridized carbons (Fsp3) is 0.641. The van der Waals surface area contributed by atoms with Crippen molar-refractivity contribution in [3.63, 3.8) is 0 Å². The van der Waals surface area contributed by atoms with Gasteiger partial charge in [0, 0.05) is 74.6 Å². The number of ether oxygens (including phenoxy) is 2. The highest BCUT2D eigenvalue weighted by Crippen LogP contribution is 2.33. The maximum absolute atomic E-state index is 13.0. The summed E-state index contributed by atoms with van der Waals surface area (Å²) in [6, 6.07) is 10.3. The Labute approximate surface area is 320 Å². The van der Waals surface area contributed by atoms with Crippen LogP contribution in [-0.4, -0.2) is 80.3 Å². The van der Waals surface area contributed by atoms with Crippen LogP contribution < -0.4 is 0 Å². The van der Waals surface area contributed by atoms with Gasteiger partial charge in [0.1, 0.15) is 11.6 Å². The molecule has 6 rings (SSSR count). The Bertz CT molecular complexity index is 2100. The average Bonchev–Trinajstić information content (AvgIpc) is 3.63. The summed E-state index contributed by atoms with van der Waals surface area (Å²) in [5.74, 6) is 3.35. The summed E-state index contributed by atoms with van der Waals surface area (Å²) < 4.78 is 66.1. The zero-order valence-corrected chi connectivity index (χ0v) is 35.2. The molecule has 2 aliphatic rings. The van der Waals surface area contributed by atoms with E-state index >= 15 is 0 Å². The first kappa shape index (κ1) is 41.6. The Morgan fingerprint density at radius 1 is 0.736 bits per heavy atom. The minimum absolute atomic E-state index is 0.0906. The lowest BCUT2D eigenvalue weighted by Crippen LogP contribution is -2.30. The summed E-state index contributed by atoms with van der Waals surface area (Å²) in [5.41, 5.74) is 3.12. The van der Waals surface area contributed by atoms with Crippen LogP contribution in [0.15, 0.2) is 46.2 Å². The molecule has 11 nitrogen and oxygen atoms in total. The first-order valence-electron chi connectivity index (χ1n) is 18.7. The van der Waals surface area contributed by atoms with Crippen LogP contribution in [0.2, 0.25) is 0 Å². The molecule has 53 heavy (non-hydrogen) atoms. The van der Waals surface area contributed by atoms with Gasteiger partial charge in [-0.15, -0.1) is 0 Å². The summed E-state index contributed by atoms with van der Waals surface area (Å²) in [5, 5.41) is 0. The van der Waals surface area contributed by atoms with Crippen molar-refractivity contribution in [3.05, 3.63) is 48.0 Å². The van der Waals surface area contributed by atoms with E-state index in [0.717, 1.165) is 93.4 Å². The Hall–Kier alpha value is -2.55. The minimum Gasteiger partial charge on any atom is -0.381 e. The molecule has 4 aromatic rings. The number of hydrogen-bond acceptors (Lipinski definition) is 8. The van der Waals surface area contributed by atoms with Crippen molar-refractivity contribution >= 4 is 51.8 Å². The Kier molecular flexibility index (Phi) is 12.8. The van der Waals surface area contributed by atoms with Gasteiger partial charge in [-0.1, -0.05) is 55.4 Å². The molecular formula is C39H58ClN5O6S2. The lowest BCUT2D eigenvalue weighted by Gasteiger charge is -2.26. The summed E-state index contributed by atoms with van der Waals surface area (Å²) in [4.78, 5) is 10.0. The van der Waals surface area contributed by atoms with Crippen LogP contribution >= 0.6 is 10.7 Å². The van der Waals surface area contributed by atoms with E-state index in [4.69, 9.17) is 30.1 Å². The van der Waals surface area contributed by atoms with Gasteiger partial charge in [-0.05, 0) is 79.8 Å². The first-order valence-corrected chi connectivity index (χ1v) is 22.5. The quantitative estimate of drug-likeness (QED) is 0.158. The van der Waals surface area contributed by atoms with Gasteiger partial charge in [0.2, 0.25) is 10.0 Å². The van der Waals surface area contributed by atoms with Gasteiger partial charge in [-0.3, -0.25) is 0 Å². The Balaban J connectivity index is 0.000000208. The van der Waals surface area contributed by atoms with Gasteiger partial charge in [-0.25, -0.2) is 31.1 Å². The van der Waals surface area contributed by atoms with Crippen molar-refractivity contribution in [2.75, 3.05) is 40.0 Å². The molecule has 2 fully saturated rings. The van der Waals surface area contributed by atoms with E-state index in [-0.39, 0.29) is 21.6 Å². The first-order chi connectivity index (χ1) is 24.7. The fourth-order valence-corrected chi connectivity index (χ4v) is 9.34. The zero-order valence-electron chi connectivity index (χ0n) is 32.9. The van der Waals surface area contributed by atoms with Crippen LogP contribution in [0.1, 0.15) is 92.7 Å². The van der Waals surface area contributed by atoms with E-state index in [2.05, 4.69) is 50.7 Å². The fourth-order valence-electron chi connectivity index (χ4n) is 7.21. The minimum atomic E-state index is -3.75. The predicted molar refractivity (Wildman–Crippen MR) is 212 cm³/mol. The van der Waals surface area contributed by atoms with Crippen molar-refractivity contribution in [2.24, 2.45) is 17.8 Å². The van der Waals surface area contributed by atoms with Crippen LogP contribution in [0.5, 0.6) is 0 Å². The predicted octanol–water partition coefficient (Wildman–Crippen LogP) is 7.72. The maximum atomic E-state index is 13.0. The van der Waals surface area contributed by atoms with Gasteiger partial charge in [0.15, 0.2) is 0 Å². The maximum Gasteiger partial charge on any atom is 0.261 e. The Morgan fingerprint density at radius 3 is 1.51 bits per heavy atom. The van der Waals surface area contributed by atoms with Gasteiger partial charge < -0.3 is 18.6 Å². The van der Waals surface area contributed by atoms with Gasteiger partial charge in [0.05, 0.1) is 31.9 Å². The highest BCUT2D eigenvalue weighted by Gasteiger charge is 2.29. The molecule has 0 unspecified atom stereocenters. The monoisotopic (exact) mass is 791 g/mol. The van der Waals surface area contributed by atoms with Crippen LogP contribution in [0, 0.1) is 17.8 Å². The lowest BCUT2D eigenvalue weighted by atomic mass is 9.94. The van der Waals surface area contributed by atoms with E-state index in [1.54, 1.807) is 31.3 Å². The molecule has 0 bridgehead atoms.